The molecule has 0 fully saturated rings. The monoisotopic (exact) mass is 179 g/mol. The summed E-state index contributed by atoms with van der Waals surface area (Å²) >= 11 is 0. The average molecular weight is 179 g/mol. The van der Waals surface area contributed by atoms with Crippen molar-refractivity contribution in [1.29, 1.82) is 0 Å². The number of methoxy groups -OCH3 is 2. The highest BCUT2D eigenvalue weighted by Gasteiger charge is 2.06. The number of imidazole rings is 1. The number of benzene rings is 1. The van der Waals surface area contributed by atoms with Gasteiger partial charge in [0.2, 0.25) is 0 Å². The molecule has 0 aliphatic carbocycles. The maximum absolute atomic E-state index is 7.66. The SMILES string of the molecule is [2H]n1c(OC)nc2c(OC)cccc21. The Labute approximate surface area is 77.0 Å². The number of fused-ring (bicyclic) bond motifs is 1. The molecule has 0 aliphatic heterocycles. The number of nitrogens with one attached hydrogen (secondary N) is 1. The van der Waals surface area contributed by atoms with Crippen LogP contribution in [0.3, 0.4) is 0 Å². The van der Waals surface area contributed by atoms with Crippen molar-refractivity contribution in [3.8, 4) is 11.8 Å². The van der Waals surface area contributed by atoms with Crippen molar-refractivity contribution < 1.29 is 10.9 Å². The highest BCUT2D eigenvalue weighted by Crippen LogP contribution is 2.24. The molecule has 1 N–H and O–H groups in total. The number of H-pyrrole nitrogens is 1. The van der Waals surface area contributed by atoms with Crippen LogP contribution in [0.2, 0.25) is 1.41 Å². The molecule has 1 aromatic heterocycles. The number of nitrogens with zero attached hydrogens (tertiary/aromatic N) is 1. The Morgan fingerprint density at radius 3 is 2.92 bits per heavy atom. The predicted molar refractivity (Wildman–Crippen MR) is 49.2 cm³/mol. The van der Waals surface area contributed by atoms with Crippen molar-refractivity contribution in [3.63, 3.8) is 0 Å². The third kappa shape index (κ3) is 1.20. The second-order valence-electron chi connectivity index (χ2n) is 2.54. The summed E-state index contributed by atoms with van der Waals surface area (Å²) in [5.74, 6) is 0.645. The van der Waals surface area contributed by atoms with E-state index in [0.717, 1.165) is 4.98 Å². The van der Waals surface area contributed by atoms with Crippen molar-refractivity contribution in [2.75, 3.05) is 14.2 Å². The Hall–Kier alpha value is -1.71. The molecular weight excluding hydrogens is 168 g/mol. The maximum Gasteiger partial charge on any atom is 0.294 e. The van der Waals surface area contributed by atoms with Gasteiger partial charge < -0.3 is 14.5 Å². The zero-order valence-electron chi connectivity index (χ0n) is 8.44. The molecule has 0 saturated carbocycles. The first kappa shape index (κ1) is 6.77. The van der Waals surface area contributed by atoms with Crippen molar-refractivity contribution in [2.45, 2.75) is 0 Å². The highest BCUT2D eigenvalue weighted by molar-refractivity contribution is 5.82. The molecule has 0 bridgehead atoms. The van der Waals surface area contributed by atoms with Gasteiger partial charge in [0.25, 0.3) is 6.01 Å². The minimum atomic E-state index is 0.254. The van der Waals surface area contributed by atoms with Crippen LogP contribution in [0.15, 0.2) is 18.2 Å². The van der Waals surface area contributed by atoms with E-state index in [4.69, 9.17) is 10.9 Å². The molecule has 0 unspecified atom stereocenters. The van der Waals surface area contributed by atoms with Crippen LogP contribution in [-0.4, -0.2) is 24.2 Å². The van der Waals surface area contributed by atoms with Crippen LogP contribution in [0.5, 0.6) is 11.8 Å². The lowest BCUT2D eigenvalue weighted by Crippen LogP contribution is -1.84. The number of aromatic nitrogens is 2. The number of rotatable bonds is 2. The van der Waals surface area contributed by atoms with E-state index in [-0.39, 0.29) is 6.01 Å². The highest BCUT2D eigenvalue weighted by atomic mass is 16.5. The molecule has 4 heteroatoms. The van der Waals surface area contributed by atoms with E-state index in [1.165, 1.54) is 7.11 Å². The molecule has 68 valence electrons. The van der Waals surface area contributed by atoms with Gasteiger partial charge in [-0.2, -0.15) is 4.98 Å². The molecule has 13 heavy (non-hydrogen) atoms. The lowest BCUT2D eigenvalue weighted by Gasteiger charge is -1.97. The Morgan fingerprint density at radius 1 is 1.38 bits per heavy atom. The van der Waals surface area contributed by atoms with E-state index in [9.17, 15) is 0 Å². The number of para-hydroxylation sites is 1. The third-order valence-electron chi connectivity index (χ3n) is 1.80. The van der Waals surface area contributed by atoms with Gasteiger partial charge in [0.15, 0.2) is 1.41 Å². The Morgan fingerprint density at radius 2 is 2.23 bits per heavy atom. The Balaban J connectivity index is 2.77. The van der Waals surface area contributed by atoms with Crippen LogP contribution in [0.1, 0.15) is 0 Å². The summed E-state index contributed by atoms with van der Waals surface area (Å²) in [7, 11) is 3.06. The smallest absolute Gasteiger partial charge is 0.294 e. The topological polar surface area (TPSA) is 47.1 Å². The fourth-order valence-corrected chi connectivity index (χ4v) is 1.19. The van der Waals surface area contributed by atoms with E-state index in [2.05, 4.69) is 4.98 Å². The molecule has 2 rings (SSSR count). The van der Waals surface area contributed by atoms with E-state index in [1.54, 1.807) is 19.2 Å². The fourth-order valence-electron chi connectivity index (χ4n) is 1.19. The van der Waals surface area contributed by atoms with Crippen LogP contribution >= 0.6 is 0 Å². The van der Waals surface area contributed by atoms with Gasteiger partial charge in [-0.3, -0.25) is 0 Å². The number of aromatic amines is 1. The Kier molecular flexibility index (Phi) is 1.55. The van der Waals surface area contributed by atoms with Gasteiger partial charge in [-0.05, 0) is 12.1 Å². The zero-order valence-corrected chi connectivity index (χ0v) is 7.44. The Bertz CT molecular complexity index is 467. The van der Waals surface area contributed by atoms with Gasteiger partial charge >= 0.3 is 0 Å². The van der Waals surface area contributed by atoms with Crippen LogP contribution in [0.25, 0.3) is 11.0 Å². The van der Waals surface area contributed by atoms with Crippen LogP contribution in [-0.2, 0) is 0 Å². The van der Waals surface area contributed by atoms with E-state index in [1.807, 2.05) is 6.07 Å². The van der Waals surface area contributed by atoms with E-state index < -0.39 is 0 Å². The lowest BCUT2D eigenvalue weighted by atomic mass is 10.3. The molecule has 0 radical (unpaired) electrons. The first-order valence-electron chi connectivity index (χ1n) is 4.31. The predicted octanol–water partition coefficient (Wildman–Crippen LogP) is 1.58. The molecule has 1 heterocycles. The van der Waals surface area contributed by atoms with E-state index in [0.29, 0.717) is 16.8 Å². The van der Waals surface area contributed by atoms with Crippen molar-refractivity contribution in [2.24, 2.45) is 0 Å². The van der Waals surface area contributed by atoms with Gasteiger partial charge in [-0.25, -0.2) is 0 Å². The second kappa shape index (κ2) is 2.97. The minimum absolute atomic E-state index is 0.254. The van der Waals surface area contributed by atoms with Gasteiger partial charge in [0, 0.05) is 0 Å². The quantitative estimate of drug-likeness (QED) is 0.761. The summed E-state index contributed by atoms with van der Waals surface area (Å²) in [6, 6.07) is 5.66. The van der Waals surface area contributed by atoms with Crippen LogP contribution in [0, 0.1) is 0 Å². The summed E-state index contributed by atoms with van der Waals surface area (Å²) in [5.41, 5.74) is 1.31. The number of hydrogen-bond donors (Lipinski definition) is 1. The zero-order chi connectivity index (χ0) is 10.1. The lowest BCUT2D eigenvalue weighted by molar-refractivity contribution is 0.385. The number of hydrogen-bond acceptors (Lipinski definition) is 3. The summed E-state index contributed by atoms with van der Waals surface area (Å²) in [4.78, 5) is 5.27. The molecule has 0 spiro atoms. The summed E-state index contributed by atoms with van der Waals surface area (Å²) in [6.45, 7) is 0. The molecular formula is C9H10N2O2. The molecule has 4 nitrogen and oxygen atoms in total. The average Bonchev–Trinajstić information content (AvgIpc) is 2.55. The minimum Gasteiger partial charge on any atom is -0.494 e. The molecule has 0 saturated heterocycles. The molecule has 0 atom stereocenters. The molecule has 1 aromatic carbocycles. The van der Waals surface area contributed by atoms with Crippen molar-refractivity contribution in [1.82, 2.24) is 9.96 Å². The van der Waals surface area contributed by atoms with Gasteiger partial charge in [0.05, 0.1) is 19.7 Å². The fraction of sp³-hybridized carbons (Fsp3) is 0.222. The number of ether oxygens (including phenoxy) is 2. The summed E-state index contributed by atoms with van der Waals surface area (Å²) in [5, 5.41) is 0. The van der Waals surface area contributed by atoms with Crippen LogP contribution in [0.4, 0.5) is 0 Å². The standard InChI is InChI=1S/C9H10N2O2/c1-12-7-5-3-4-6-8(7)11-9(10-6)13-2/h3-5H,1-2H3,(H,10,11)/i/hD. The molecule has 0 aliphatic rings. The largest absolute Gasteiger partial charge is 0.494 e. The summed E-state index contributed by atoms with van der Waals surface area (Å²) < 4.78 is 17.7. The summed E-state index contributed by atoms with van der Waals surface area (Å²) in [6.07, 6.45) is 0. The van der Waals surface area contributed by atoms with Gasteiger partial charge in [-0.1, -0.05) is 6.07 Å². The third-order valence-corrected chi connectivity index (χ3v) is 1.80. The normalized spacial score (nSPS) is 11.4. The first-order valence-corrected chi connectivity index (χ1v) is 3.86. The maximum atomic E-state index is 7.66. The molecule has 0 amide bonds. The van der Waals surface area contributed by atoms with E-state index >= 15 is 0 Å². The first-order chi connectivity index (χ1) is 6.77. The van der Waals surface area contributed by atoms with Crippen molar-refractivity contribution >= 4 is 11.0 Å². The van der Waals surface area contributed by atoms with Gasteiger partial charge in [0.1, 0.15) is 11.3 Å². The van der Waals surface area contributed by atoms with Crippen LogP contribution < -0.4 is 9.47 Å². The van der Waals surface area contributed by atoms with Gasteiger partial charge in [-0.15, -0.1) is 0 Å². The van der Waals surface area contributed by atoms with Crippen molar-refractivity contribution in [3.05, 3.63) is 18.2 Å². The second-order valence-corrected chi connectivity index (χ2v) is 2.54. The molecule has 2 aromatic rings.